The average molecular weight is 527 g/mol. The van der Waals surface area contributed by atoms with Crippen LogP contribution in [0.2, 0.25) is 0 Å². The molecule has 1 aliphatic rings. The molecule has 134 valence electrons. The van der Waals surface area contributed by atoms with Gasteiger partial charge < -0.3 is 9.84 Å². The van der Waals surface area contributed by atoms with Gasteiger partial charge in [-0.3, -0.25) is 4.79 Å². The van der Waals surface area contributed by atoms with Crippen LogP contribution in [0.1, 0.15) is 18.1 Å². The molecule has 0 aromatic heterocycles. The van der Waals surface area contributed by atoms with Gasteiger partial charge in [-0.2, -0.15) is 10.1 Å². The summed E-state index contributed by atoms with van der Waals surface area (Å²) in [6.45, 7) is 3.80. The van der Waals surface area contributed by atoms with Crippen LogP contribution < -0.4 is 9.75 Å². The predicted octanol–water partition coefficient (Wildman–Crippen LogP) is 4.88. The number of hydrogen-bond donors (Lipinski definition) is 1. The number of hydrazone groups is 1. The molecule has 0 bridgehead atoms. The first-order chi connectivity index (χ1) is 12.3. The van der Waals surface area contributed by atoms with Crippen molar-refractivity contribution in [3.05, 3.63) is 55.1 Å². The SMILES string of the molecule is COc1cc(C=C2C(=O)N(c3ccc(C)cc3)N=C2C)c(I)c(Br)c1O. The van der Waals surface area contributed by atoms with Gasteiger partial charge in [0.1, 0.15) is 0 Å². The molecule has 7 heteroatoms. The molecule has 1 aliphatic heterocycles. The Morgan fingerprint density at radius 3 is 2.54 bits per heavy atom. The molecule has 0 atom stereocenters. The highest BCUT2D eigenvalue weighted by Gasteiger charge is 2.29. The number of carbonyl (C=O) groups excluding carboxylic acids is 1. The van der Waals surface area contributed by atoms with Gasteiger partial charge in [0.05, 0.1) is 28.6 Å². The fourth-order valence-electron chi connectivity index (χ4n) is 2.57. The monoisotopic (exact) mass is 526 g/mol. The zero-order valence-corrected chi connectivity index (χ0v) is 18.1. The average Bonchev–Trinajstić information content (AvgIpc) is 2.90. The molecular weight excluding hydrogens is 511 g/mol. The van der Waals surface area contributed by atoms with E-state index < -0.39 is 0 Å². The minimum absolute atomic E-state index is 0.0310. The Morgan fingerprint density at radius 2 is 1.92 bits per heavy atom. The van der Waals surface area contributed by atoms with Gasteiger partial charge in [0.25, 0.3) is 5.91 Å². The highest BCUT2D eigenvalue weighted by Crippen LogP contribution is 2.40. The number of aryl methyl sites for hydroxylation is 1. The standard InChI is InChI=1S/C19H16BrIN2O3/c1-10-4-6-13(7-5-10)23-19(25)14(11(2)22-23)8-12-9-15(26-3)18(24)16(20)17(12)21/h4-9,24H,1-3H3. The van der Waals surface area contributed by atoms with E-state index in [0.29, 0.717) is 21.5 Å². The first kappa shape index (κ1) is 18.9. The maximum absolute atomic E-state index is 12.9. The number of nitrogens with zero attached hydrogens (tertiary/aromatic N) is 2. The molecule has 0 spiro atoms. The maximum Gasteiger partial charge on any atom is 0.280 e. The van der Waals surface area contributed by atoms with E-state index in [-0.39, 0.29) is 11.7 Å². The van der Waals surface area contributed by atoms with E-state index in [1.165, 1.54) is 12.1 Å². The van der Waals surface area contributed by atoms with E-state index in [1.54, 1.807) is 19.1 Å². The molecule has 2 aromatic carbocycles. The zero-order chi connectivity index (χ0) is 19.0. The van der Waals surface area contributed by atoms with Crippen molar-refractivity contribution in [3.8, 4) is 11.5 Å². The first-order valence-electron chi connectivity index (χ1n) is 7.76. The number of carbonyl (C=O) groups is 1. The molecule has 0 unspecified atom stereocenters. The van der Waals surface area contributed by atoms with Crippen LogP contribution in [0.5, 0.6) is 11.5 Å². The summed E-state index contributed by atoms with van der Waals surface area (Å²) in [6, 6.07) is 9.33. The van der Waals surface area contributed by atoms with E-state index in [2.05, 4.69) is 43.6 Å². The zero-order valence-electron chi connectivity index (χ0n) is 14.4. The highest BCUT2D eigenvalue weighted by atomic mass is 127. The number of hydrogen-bond acceptors (Lipinski definition) is 4. The van der Waals surface area contributed by atoms with Crippen LogP contribution >= 0.6 is 38.5 Å². The van der Waals surface area contributed by atoms with Crippen molar-refractivity contribution in [3.63, 3.8) is 0 Å². The van der Waals surface area contributed by atoms with Gasteiger partial charge in [0.15, 0.2) is 11.5 Å². The lowest BCUT2D eigenvalue weighted by Gasteiger charge is -2.12. The van der Waals surface area contributed by atoms with Crippen LogP contribution in [0.4, 0.5) is 5.69 Å². The van der Waals surface area contributed by atoms with E-state index in [0.717, 1.165) is 20.4 Å². The van der Waals surface area contributed by atoms with Crippen molar-refractivity contribution in [2.45, 2.75) is 13.8 Å². The Morgan fingerprint density at radius 1 is 1.27 bits per heavy atom. The molecule has 0 fully saturated rings. The molecule has 0 aliphatic carbocycles. The number of anilines is 1. The number of benzene rings is 2. The van der Waals surface area contributed by atoms with Crippen LogP contribution in [0.25, 0.3) is 6.08 Å². The molecule has 5 nitrogen and oxygen atoms in total. The quantitative estimate of drug-likeness (QED) is 0.458. The molecule has 26 heavy (non-hydrogen) atoms. The van der Waals surface area contributed by atoms with Gasteiger partial charge in [-0.05, 0) is 82.2 Å². The Labute approximate surface area is 173 Å². The van der Waals surface area contributed by atoms with Crippen molar-refractivity contribution in [2.75, 3.05) is 12.1 Å². The van der Waals surface area contributed by atoms with Crippen LogP contribution in [0.15, 0.2) is 45.5 Å². The predicted molar refractivity (Wildman–Crippen MR) is 115 cm³/mol. The summed E-state index contributed by atoms with van der Waals surface area (Å²) in [4.78, 5) is 12.9. The van der Waals surface area contributed by atoms with Crippen LogP contribution in [0, 0.1) is 10.5 Å². The topological polar surface area (TPSA) is 62.1 Å². The second-order valence-electron chi connectivity index (χ2n) is 5.84. The molecule has 0 radical (unpaired) electrons. The maximum atomic E-state index is 12.9. The summed E-state index contributed by atoms with van der Waals surface area (Å²) in [6.07, 6.45) is 1.77. The van der Waals surface area contributed by atoms with Crippen LogP contribution in [-0.2, 0) is 4.79 Å². The van der Waals surface area contributed by atoms with E-state index >= 15 is 0 Å². The molecule has 0 saturated carbocycles. The second kappa shape index (κ2) is 7.40. The fraction of sp³-hybridized carbons (Fsp3) is 0.158. The lowest BCUT2D eigenvalue weighted by Crippen LogP contribution is -2.21. The molecule has 2 aromatic rings. The number of ether oxygens (including phenoxy) is 1. The third-order valence-electron chi connectivity index (χ3n) is 4.03. The van der Waals surface area contributed by atoms with E-state index in [1.807, 2.05) is 31.2 Å². The van der Waals surface area contributed by atoms with Gasteiger partial charge >= 0.3 is 0 Å². The molecule has 0 saturated heterocycles. The summed E-state index contributed by atoms with van der Waals surface area (Å²) in [5.74, 6) is 0.174. The number of aromatic hydroxyl groups is 1. The van der Waals surface area contributed by atoms with Crippen LogP contribution in [-0.4, -0.2) is 23.8 Å². The number of phenolic OH excluding ortho intramolecular Hbond substituents is 1. The van der Waals surface area contributed by atoms with E-state index in [9.17, 15) is 9.90 Å². The lowest BCUT2D eigenvalue weighted by atomic mass is 10.1. The number of methoxy groups -OCH3 is 1. The summed E-state index contributed by atoms with van der Waals surface area (Å²) in [5.41, 5.74) is 3.74. The number of amides is 1. The minimum atomic E-state index is -0.190. The van der Waals surface area contributed by atoms with Gasteiger partial charge in [-0.15, -0.1) is 0 Å². The summed E-state index contributed by atoms with van der Waals surface area (Å²) < 4.78 is 6.51. The summed E-state index contributed by atoms with van der Waals surface area (Å²) in [7, 11) is 1.48. The molecular formula is C19H16BrIN2O3. The smallest absolute Gasteiger partial charge is 0.280 e. The van der Waals surface area contributed by atoms with Crippen molar-refractivity contribution in [1.29, 1.82) is 0 Å². The van der Waals surface area contributed by atoms with Crippen molar-refractivity contribution in [1.82, 2.24) is 0 Å². The normalized spacial score (nSPS) is 15.6. The van der Waals surface area contributed by atoms with Crippen molar-refractivity contribution >= 4 is 61.9 Å². The first-order valence-corrected chi connectivity index (χ1v) is 9.64. The van der Waals surface area contributed by atoms with Gasteiger partial charge in [-0.25, -0.2) is 0 Å². The minimum Gasteiger partial charge on any atom is -0.503 e. The molecule has 1 heterocycles. The number of rotatable bonds is 3. The van der Waals surface area contributed by atoms with E-state index in [4.69, 9.17) is 4.74 Å². The third kappa shape index (κ3) is 3.37. The molecule has 3 rings (SSSR count). The van der Waals surface area contributed by atoms with Gasteiger partial charge in [-0.1, -0.05) is 17.7 Å². The fourth-order valence-corrected chi connectivity index (χ4v) is 3.56. The number of phenols is 1. The van der Waals surface area contributed by atoms with Gasteiger partial charge in [0.2, 0.25) is 0 Å². The Balaban J connectivity index is 2.03. The van der Waals surface area contributed by atoms with Crippen molar-refractivity contribution in [2.24, 2.45) is 5.10 Å². The molecule has 1 N–H and O–H groups in total. The summed E-state index contributed by atoms with van der Waals surface area (Å²) in [5, 5.41) is 15.9. The lowest BCUT2D eigenvalue weighted by molar-refractivity contribution is -0.114. The van der Waals surface area contributed by atoms with Crippen LogP contribution in [0.3, 0.4) is 0 Å². The Hall–Kier alpha value is -1.87. The third-order valence-corrected chi connectivity index (χ3v) is 6.71. The largest absolute Gasteiger partial charge is 0.503 e. The second-order valence-corrected chi connectivity index (χ2v) is 7.71. The molecule has 1 amide bonds. The van der Waals surface area contributed by atoms with Crippen molar-refractivity contribution < 1.29 is 14.6 Å². The Kier molecular flexibility index (Phi) is 5.38. The van der Waals surface area contributed by atoms with Gasteiger partial charge in [0, 0.05) is 3.57 Å². The highest BCUT2D eigenvalue weighted by molar-refractivity contribution is 14.1. The summed E-state index contributed by atoms with van der Waals surface area (Å²) >= 11 is 5.48. The Bertz CT molecular complexity index is 952. The number of halogens is 2.